The molecule has 1 atom stereocenters. The molecule has 1 unspecified atom stereocenters. The van der Waals surface area contributed by atoms with Crippen molar-refractivity contribution in [3.8, 4) is 0 Å². The van der Waals surface area contributed by atoms with Crippen molar-refractivity contribution >= 4 is 9.84 Å². The van der Waals surface area contributed by atoms with Gasteiger partial charge in [-0.15, -0.1) is 0 Å². The first kappa shape index (κ1) is 13.1. The fourth-order valence-corrected chi connectivity index (χ4v) is 2.78. The number of hydrogen-bond acceptors (Lipinski definition) is 3. The Morgan fingerprint density at radius 3 is 2.50 bits per heavy atom. The molecule has 6 heteroatoms. The number of hydrogen-bond donors (Lipinski definition) is 1. The van der Waals surface area contributed by atoms with Gasteiger partial charge in [0.05, 0.1) is 5.25 Å². The zero-order valence-electron chi connectivity index (χ0n) is 8.78. The predicted molar refractivity (Wildman–Crippen MR) is 56.7 cm³/mol. The molecule has 0 spiro atoms. The molecule has 0 heterocycles. The summed E-state index contributed by atoms with van der Waals surface area (Å²) in [4.78, 5) is -0.477. The van der Waals surface area contributed by atoms with Gasteiger partial charge < -0.3 is 5.73 Å². The van der Waals surface area contributed by atoms with Crippen LogP contribution >= 0.6 is 0 Å². The molecule has 0 bridgehead atoms. The number of halogens is 2. The van der Waals surface area contributed by atoms with Gasteiger partial charge in [0.25, 0.3) is 0 Å². The Bertz CT molecular complexity index is 474. The maximum Gasteiger partial charge on any atom is 0.183 e. The monoisotopic (exact) mass is 249 g/mol. The summed E-state index contributed by atoms with van der Waals surface area (Å²) in [5.74, 6) is -1.87. The zero-order chi connectivity index (χ0) is 12.3. The Morgan fingerprint density at radius 1 is 1.38 bits per heavy atom. The smallest absolute Gasteiger partial charge is 0.183 e. The molecule has 0 aliphatic rings. The van der Waals surface area contributed by atoms with Crippen LogP contribution < -0.4 is 5.73 Å². The summed E-state index contributed by atoms with van der Waals surface area (Å²) in [5, 5.41) is -0.780. The van der Waals surface area contributed by atoms with E-state index in [2.05, 4.69) is 0 Å². The van der Waals surface area contributed by atoms with Crippen LogP contribution in [0, 0.1) is 11.6 Å². The first-order chi connectivity index (χ1) is 7.39. The van der Waals surface area contributed by atoms with Gasteiger partial charge in [-0.2, -0.15) is 0 Å². The maximum atomic E-state index is 13.3. The first-order valence-electron chi connectivity index (χ1n) is 4.78. The average molecular weight is 249 g/mol. The first-order valence-corrected chi connectivity index (χ1v) is 6.33. The normalized spacial score (nSPS) is 13.8. The van der Waals surface area contributed by atoms with E-state index in [4.69, 9.17) is 5.73 Å². The van der Waals surface area contributed by atoms with Crippen LogP contribution in [0.25, 0.3) is 0 Å². The molecule has 90 valence electrons. The predicted octanol–water partition coefficient (Wildman–Crippen LogP) is 1.48. The highest BCUT2D eigenvalue weighted by molar-refractivity contribution is 7.92. The van der Waals surface area contributed by atoms with Crippen molar-refractivity contribution in [2.45, 2.75) is 23.5 Å². The van der Waals surface area contributed by atoms with E-state index < -0.39 is 31.6 Å². The van der Waals surface area contributed by atoms with E-state index >= 15 is 0 Å². The Labute approximate surface area is 93.2 Å². The topological polar surface area (TPSA) is 60.2 Å². The van der Waals surface area contributed by atoms with Crippen LogP contribution in [-0.4, -0.2) is 20.2 Å². The minimum Gasteiger partial charge on any atom is -0.330 e. The minimum atomic E-state index is -3.77. The van der Waals surface area contributed by atoms with Crippen LogP contribution in [0.2, 0.25) is 0 Å². The standard InChI is InChI=1S/C10H13F2NO2S/c1-7(4-5-13)16(14,15)10-3-2-8(11)6-9(10)12/h2-3,6-7H,4-5,13H2,1H3. The van der Waals surface area contributed by atoms with Gasteiger partial charge in [0.1, 0.15) is 16.5 Å². The minimum absolute atomic E-state index is 0.198. The van der Waals surface area contributed by atoms with Crippen molar-refractivity contribution in [1.82, 2.24) is 0 Å². The number of benzene rings is 1. The van der Waals surface area contributed by atoms with Crippen LogP contribution in [0.4, 0.5) is 8.78 Å². The van der Waals surface area contributed by atoms with Crippen molar-refractivity contribution in [1.29, 1.82) is 0 Å². The van der Waals surface area contributed by atoms with Gasteiger partial charge in [0.2, 0.25) is 0 Å². The van der Waals surface area contributed by atoms with Crippen molar-refractivity contribution in [2.75, 3.05) is 6.54 Å². The molecular formula is C10H13F2NO2S. The molecular weight excluding hydrogens is 236 g/mol. The molecule has 0 fully saturated rings. The van der Waals surface area contributed by atoms with Gasteiger partial charge in [-0.1, -0.05) is 0 Å². The summed E-state index contributed by atoms with van der Waals surface area (Å²) in [6, 6.07) is 2.42. The van der Waals surface area contributed by atoms with E-state index in [0.717, 1.165) is 12.1 Å². The third kappa shape index (κ3) is 2.56. The van der Waals surface area contributed by atoms with E-state index in [-0.39, 0.29) is 13.0 Å². The van der Waals surface area contributed by atoms with E-state index in [1.54, 1.807) is 0 Å². The molecule has 0 amide bonds. The van der Waals surface area contributed by atoms with Gasteiger partial charge in [0, 0.05) is 6.07 Å². The summed E-state index contributed by atoms with van der Waals surface area (Å²) in [6.07, 6.45) is 0.235. The van der Waals surface area contributed by atoms with E-state index in [1.165, 1.54) is 6.92 Å². The fraction of sp³-hybridized carbons (Fsp3) is 0.400. The number of nitrogens with two attached hydrogens (primary N) is 1. The second kappa shape index (κ2) is 4.88. The van der Waals surface area contributed by atoms with Gasteiger partial charge in [-0.3, -0.25) is 0 Å². The molecule has 0 aliphatic carbocycles. The van der Waals surface area contributed by atoms with Crippen LogP contribution in [0.15, 0.2) is 23.1 Å². The molecule has 3 nitrogen and oxygen atoms in total. The largest absolute Gasteiger partial charge is 0.330 e. The van der Waals surface area contributed by atoms with Gasteiger partial charge in [0.15, 0.2) is 9.84 Å². The average Bonchev–Trinajstić information content (AvgIpc) is 2.17. The third-order valence-corrected chi connectivity index (χ3v) is 4.54. The molecule has 0 saturated heterocycles. The Hall–Kier alpha value is -1.01. The number of sulfone groups is 1. The molecule has 2 N–H and O–H groups in total. The Balaban J connectivity index is 3.17. The zero-order valence-corrected chi connectivity index (χ0v) is 9.60. The summed E-state index contributed by atoms with van der Waals surface area (Å²) in [7, 11) is -3.77. The quantitative estimate of drug-likeness (QED) is 0.822. The van der Waals surface area contributed by atoms with Gasteiger partial charge >= 0.3 is 0 Å². The van der Waals surface area contributed by atoms with Crippen molar-refractivity contribution in [3.63, 3.8) is 0 Å². The lowest BCUT2D eigenvalue weighted by molar-refractivity contribution is 0.542. The summed E-state index contributed by atoms with van der Waals surface area (Å²) in [5.41, 5.74) is 5.25. The fourth-order valence-electron chi connectivity index (χ4n) is 1.31. The van der Waals surface area contributed by atoms with Crippen LogP contribution in [0.3, 0.4) is 0 Å². The van der Waals surface area contributed by atoms with E-state index in [1.807, 2.05) is 0 Å². The Kier molecular flexibility index (Phi) is 3.98. The van der Waals surface area contributed by atoms with Crippen molar-refractivity contribution in [2.24, 2.45) is 5.73 Å². The summed E-state index contributed by atoms with van der Waals surface area (Å²) >= 11 is 0. The highest BCUT2D eigenvalue weighted by atomic mass is 32.2. The molecule has 0 saturated carbocycles. The summed E-state index contributed by atoms with van der Waals surface area (Å²) < 4.78 is 49.6. The van der Waals surface area contributed by atoms with E-state index in [9.17, 15) is 17.2 Å². The molecule has 0 aliphatic heterocycles. The van der Waals surface area contributed by atoms with Crippen LogP contribution in [-0.2, 0) is 9.84 Å². The Morgan fingerprint density at radius 2 is 2.00 bits per heavy atom. The molecule has 1 rings (SSSR count). The van der Waals surface area contributed by atoms with Crippen molar-refractivity contribution < 1.29 is 17.2 Å². The van der Waals surface area contributed by atoms with Gasteiger partial charge in [-0.25, -0.2) is 17.2 Å². The SMILES string of the molecule is CC(CCN)S(=O)(=O)c1ccc(F)cc1F. The van der Waals surface area contributed by atoms with E-state index in [0.29, 0.717) is 6.07 Å². The lowest BCUT2D eigenvalue weighted by Crippen LogP contribution is -2.22. The van der Waals surface area contributed by atoms with Gasteiger partial charge in [-0.05, 0) is 32.0 Å². The third-order valence-electron chi connectivity index (χ3n) is 2.30. The molecule has 0 radical (unpaired) electrons. The lowest BCUT2D eigenvalue weighted by Gasteiger charge is -2.12. The lowest BCUT2D eigenvalue weighted by atomic mass is 10.3. The second-order valence-electron chi connectivity index (χ2n) is 3.51. The molecule has 0 aromatic heterocycles. The molecule has 16 heavy (non-hydrogen) atoms. The molecule has 1 aromatic carbocycles. The number of rotatable bonds is 4. The second-order valence-corrected chi connectivity index (χ2v) is 5.84. The maximum absolute atomic E-state index is 13.3. The molecule has 1 aromatic rings. The van der Waals surface area contributed by atoms with Crippen LogP contribution in [0.1, 0.15) is 13.3 Å². The summed E-state index contributed by atoms with van der Waals surface area (Å²) in [6.45, 7) is 1.65. The van der Waals surface area contributed by atoms with Crippen LogP contribution in [0.5, 0.6) is 0 Å². The highest BCUT2D eigenvalue weighted by Gasteiger charge is 2.25. The van der Waals surface area contributed by atoms with Crippen molar-refractivity contribution in [3.05, 3.63) is 29.8 Å². The highest BCUT2D eigenvalue weighted by Crippen LogP contribution is 2.21.